The Morgan fingerprint density at radius 3 is 2.74 bits per heavy atom. The molecule has 0 spiro atoms. The molecule has 0 radical (unpaired) electrons. The van der Waals surface area contributed by atoms with Crippen LogP contribution in [0.1, 0.15) is 16.1 Å². The van der Waals surface area contributed by atoms with Gasteiger partial charge >= 0.3 is 0 Å². The molecule has 0 bridgehead atoms. The van der Waals surface area contributed by atoms with E-state index in [1.165, 1.54) is 0 Å². The van der Waals surface area contributed by atoms with Crippen molar-refractivity contribution in [2.24, 2.45) is 0 Å². The molecule has 1 amide bonds. The standard InChI is InChI=1S/C21H21N3O3/c1-3-12-24(14-15-8-4-7-11-20(15)27-2)21(26)18-13-17(22-23-18)16-9-5-6-10-19(16)25/h3-11,13,25H,1,12,14H2,2H3,(H,22,23). The number of phenolic OH excluding ortho intramolecular Hbond substituents is 1. The number of methoxy groups -OCH3 is 1. The normalized spacial score (nSPS) is 10.4. The van der Waals surface area contributed by atoms with E-state index in [0.29, 0.717) is 30.0 Å². The molecule has 0 aliphatic carbocycles. The van der Waals surface area contributed by atoms with E-state index in [0.717, 1.165) is 11.3 Å². The van der Waals surface area contributed by atoms with Gasteiger partial charge in [-0.15, -0.1) is 6.58 Å². The number of hydrogen-bond donors (Lipinski definition) is 2. The molecule has 3 aromatic rings. The van der Waals surface area contributed by atoms with Crippen LogP contribution in [0.5, 0.6) is 11.5 Å². The summed E-state index contributed by atoms with van der Waals surface area (Å²) < 4.78 is 5.37. The van der Waals surface area contributed by atoms with E-state index < -0.39 is 0 Å². The molecule has 0 aliphatic heterocycles. The first-order valence-electron chi connectivity index (χ1n) is 8.50. The number of hydrogen-bond acceptors (Lipinski definition) is 4. The molecule has 1 heterocycles. The fourth-order valence-electron chi connectivity index (χ4n) is 2.84. The zero-order valence-corrected chi connectivity index (χ0v) is 15.1. The first-order valence-corrected chi connectivity index (χ1v) is 8.50. The van der Waals surface area contributed by atoms with Crippen molar-refractivity contribution >= 4 is 5.91 Å². The van der Waals surface area contributed by atoms with Gasteiger partial charge in [0.2, 0.25) is 0 Å². The molecule has 0 fully saturated rings. The summed E-state index contributed by atoms with van der Waals surface area (Å²) in [5.74, 6) is 0.619. The zero-order valence-electron chi connectivity index (χ0n) is 15.1. The fraction of sp³-hybridized carbons (Fsp3) is 0.143. The third kappa shape index (κ3) is 4.00. The van der Waals surface area contributed by atoms with Crippen LogP contribution in [0.25, 0.3) is 11.3 Å². The predicted octanol–water partition coefficient (Wildman–Crippen LogP) is 3.62. The number of para-hydroxylation sites is 2. The maximum atomic E-state index is 13.0. The lowest BCUT2D eigenvalue weighted by Gasteiger charge is -2.21. The van der Waals surface area contributed by atoms with Crippen LogP contribution in [-0.4, -0.2) is 39.8 Å². The van der Waals surface area contributed by atoms with Gasteiger partial charge in [0.25, 0.3) is 5.91 Å². The van der Waals surface area contributed by atoms with Crippen molar-refractivity contribution < 1.29 is 14.6 Å². The molecule has 0 aliphatic rings. The number of rotatable bonds is 7. The Labute approximate surface area is 157 Å². The minimum atomic E-state index is -0.213. The molecular formula is C21H21N3O3. The highest BCUT2D eigenvalue weighted by Crippen LogP contribution is 2.28. The van der Waals surface area contributed by atoms with Crippen LogP contribution in [-0.2, 0) is 6.54 Å². The van der Waals surface area contributed by atoms with Crippen molar-refractivity contribution in [3.05, 3.63) is 78.5 Å². The number of aromatic amines is 1. The molecule has 3 rings (SSSR count). The van der Waals surface area contributed by atoms with Crippen LogP contribution in [0, 0.1) is 0 Å². The number of phenols is 1. The van der Waals surface area contributed by atoms with Crippen LogP contribution < -0.4 is 4.74 Å². The van der Waals surface area contributed by atoms with Crippen LogP contribution >= 0.6 is 0 Å². The Kier molecular flexibility index (Phi) is 5.56. The molecule has 0 saturated carbocycles. The first-order chi connectivity index (χ1) is 13.1. The van der Waals surface area contributed by atoms with Gasteiger partial charge in [0.1, 0.15) is 17.2 Å². The zero-order chi connectivity index (χ0) is 19.2. The van der Waals surface area contributed by atoms with E-state index in [1.54, 1.807) is 48.4 Å². The van der Waals surface area contributed by atoms with E-state index in [9.17, 15) is 9.90 Å². The monoisotopic (exact) mass is 363 g/mol. The molecule has 1 aromatic heterocycles. The maximum absolute atomic E-state index is 13.0. The number of carbonyl (C=O) groups excluding carboxylic acids is 1. The number of H-pyrrole nitrogens is 1. The molecule has 27 heavy (non-hydrogen) atoms. The van der Waals surface area contributed by atoms with Gasteiger partial charge in [-0.2, -0.15) is 5.10 Å². The quantitative estimate of drug-likeness (QED) is 0.629. The molecule has 2 N–H and O–H groups in total. The van der Waals surface area contributed by atoms with E-state index in [-0.39, 0.29) is 11.7 Å². The second-order valence-corrected chi connectivity index (χ2v) is 5.97. The summed E-state index contributed by atoms with van der Waals surface area (Å²) in [6.45, 7) is 4.49. The third-order valence-electron chi connectivity index (χ3n) is 4.18. The van der Waals surface area contributed by atoms with Gasteiger partial charge in [0.15, 0.2) is 0 Å². The molecule has 0 unspecified atom stereocenters. The lowest BCUT2D eigenvalue weighted by atomic mass is 10.1. The van der Waals surface area contributed by atoms with Crippen molar-refractivity contribution in [1.82, 2.24) is 15.1 Å². The number of aromatic hydroxyl groups is 1. The number of nitrogens with one attached hydrogen (secondary N) is 1. The molecule has 2 aromatic carbocycles. The average molecular weight is 363 g/mol. The highest BCUT2D eigenvalue weighted by molar-refractivity contribution is 5.93. The average Bonchev–Trinajstić information content (AvgIpc) is 3.17. The van der Waals surface area contributed by atoms with E-state index in [4.69, 9.17) is 4.74 Å². The molecular weight excluding hydrogens is 342 g/mol. The summed E-state index contributed by atoms with van der Waals surface area (Å²) in [5.41, 5.74) is 2.31. The maximum Gasteiger partial charge on any atom is 0.272 e. The minimum Gasteiger partial charge on any atom is -0.507 e. The smallest absolute Gasteiger partial charge is 0.272 e. The summed E-state index contributed by atoms with van der Waals surface area (Å²) in [5, 5.41) is 16.9. The second kappa shape index (κ2) is 8.23. The SMILES string of the molecule is C=CCN(Cc1ccccc1OC)C(=O)c1cc(-c2ccccc2O)n[nH]1. The summed E-state index contributed by atoms with van der Waals surface area (Å²) in [4.78, 5) is 14.6. The van der Waals surface area contributed by atoms with Gasteiger partial charge < -0.3 is 14.7 Å². The fourth-order valence-corrected chi connectivity index (χ4v) is 2.84. The van der Waals surface area contributed by atoms with Gasteiger partial charge in [0.05, 0.1) is 19.3 Å². The summed E-state index contributed by atoms with van der Waals surface area (Å²) in [6.07, 6.45) is 1.67. The number of amides is 1. The number of benzene rings is 2. The molecule has 0 atom stereocenters. The predicted molar refractivity (Wildman–Crippen MR) is 104 cm³/mol. The Morgan fingerprint density at radius 1 is 1.26 bits per heavy atom. The number of aromatic nitrogens is 2. The summed E-state index contributed by atoms with van der Waals surface area (Å²) in [7, 11) is 1.60. The van der Waals surface area contributed by atoms with Gasteiger partial charge in [-0.3, -0.25) is 9.89 Å². The first kappa shape index (κ1) is 18.3. The number of carbonyl (C=O) groups is 1. The van der Waals surface area contributed by atoms with E-state index in [1.807, 2.05) is 24.3 Å². The molecule has 0 saturated heterocycles. The van der Waals surface area contributed by atoms with Gasteiger partial charge in [-0.05, 0) is 24.3 Å². The minimum absolute atomic E-state index is 0.111. The summed E-state index contributed by atoms with van der Waals surface area (Å²) >= 11 is 0. The number of nitrogens with zero attached hydrogens (tertiary/aromatic N) is 2. The molecule has 6 nitrogen and oxygen atoms in total. The third-order valence-corrected chi connectivity index (χ3v) is 4.18. The van der Waals surface area contributed by atoms with Crippen molar-refractivity contribution in [3.63, 3.8) is 0 Å². The van der Waals surface area contributed by atoms with Crippen molar-refractivity contribution in [2.45, 2.75) is 6.54 Å². The lowest BCUT2D eigenvalue weighted by molar-refractivity contribution is 0.0755. The van der Waals surface area contributed by atoms with Gasteiger partial charge in [-0.1, -0.05) is 36.4 Å². The van der Waals surface area contributed by atoms with E-state index >= 15 is 0 Å². The van der Waals surface area contributed by atoms with E-state index in [2.05, 4.69) is 16.8 Å². The van der Waals surface area contributed by atoms with Gasteiger partial charge in [-0.25, -0.2) is 0 Å². The molecule has 138 valence electrons. The Balaban J connectivity index is 1.85. The van der Waals surface area contributed by atoms with Crippen molar-refractivity contribution in [2.75, 3.05) is 13.7 Å². The Hall–Kier alpha value is -3.54. The topological polar surface area (TPSA) is 78.4 Å². The highest BCUT2D eigenvalue weighted by atomic mass is 16.5. The second-order valence-electron chi connectivity index (χ2n) is 5.97. The Morgan fingerprint density at radius 2 is 2.00 bits per heavy atom. The van der Waals surface area contributed by atoms with Crippen molar-refractivity contribution in [1.29, 1.82) is 0 Å². The summed E-state index contributed by atoms with van der Waals surface area (Å²) in [6, 6.07) is 16.1. The van der Waals surface area contributed by atoms with Crippen LogP contribution in [0.2, 0.25) is 0 Å². The van der Waals surface area contributed by atoms with Crippen molar-refractivity contribution in [3.8, 4) is 22.8 Å². The highest BCUT2D eigenvalue weighted by Gasteiger charge is 2.20. The number of ether oxygens (including phenoxy) is 1. The lowest BCUT2D eigenvalue weighted by Crippen LogP contribution is -2.31. The van der Waals surface area contributed by atoms with Crippen LogP contribution in [0.3, 0.4) is 0 Å². The van der Waals surface area contributed by atoms with Crippen LogP contribution in [0.4, 0.5) is 0 Å². The van der Waals surface area contributed by atoms with Gasteiger partial charge in [0, 0.05) is 17.7 Å². The Bertz CT molecular complexity index is 949. The largest absolute Gasteiger partial charge is 0.507 e. The van der Waals surface area contributed by atoms with Crippen LogP contribution in [0.15, 0.2) is 67.3 Å². The molecule has 6 heteroatoms.